The van der Waals surface area contributed by atoms with Crippen LogP contribution in [0, 0.1) is 11.7 Å². The molecule has 0 N–H and O–H groups in total. The lowest BCUT2D eigenvalue weighted by atomic mass is 10.2. The number of piperazine rings is 1. The third kappa shape index (κ3) is 4.66. The first kappa shape index (κ1) is 23.8. The van der Waals surface area contributed by atoms with Crippen LogP contribution < -0.4 is 9.80 Å². The van der Waals surface area contributed by atoms with Gasteiger partial charge in [-0.1, -0.05) is 12.1 Å². The van der Waals surface area contributed by atoms with Crippen LogP contribution in [0.5, 0.6) is 0 Å². The topological polar surface area (TPSA) is 78.0 Å². The second-order valence-corrected chi connectivity index (χ2v) is 12.0. The standard InChI is InChI=1S/C26H30FN3O4S/c1-18(16-25(31)29-14-12-28(13-15-29)24-5-3-2-4-22(24)27)35(33,34)21-8-9-23-20(17-21)10-11-30(23)26(32)19-6-7-19/h2-5,8-9,17-19H,6-7,10-16H2,1H3/t18-/m1/s1. The number of hydrogen-bond donors (Lipinski definition) is 0. The summed E-state index contributed by atoms with van der Waals surface area (Å²) >= 11 is 0. The van der Waals surface area contributed by atoms with Gasteiger partial charge in [0.05, 0.1) is 15.8 Å². The van der Waals surface area contributed by atoms with Crippen LogP contribution in [-0.2, 0) is 25.8 Å². The van der Waals surface area contributed by atoms with E-state index in [0.717, 1.165) is 24.1 Å². The van der Waals surface area contributed by atoms with Gasteiger partial charge in [-0.3, -0.25) is 9.59 Å². The lowest BCUT2D eigenvalue weighted by Crippen LogP contribution is -2.49. The van der Waals surface area contributed by atoms with Gasteiger partial charge in [0.1, 0.15) is 5.82 Å². The van der Waals surface area contributed by atoms with E-state index in [1.165, 1.54) is 6.07 Å². The number of fused-ring (bicyclic) bond motifs is 1. The van der Waals surface area contributed by atoms with Gasteiger partial charge in [0, 0.05) is 50.7 Å². The maximum Gasteiger partial charge on any atom is 0.230 e. The SMILES string of the molecule is C[C@H](CC(=O)N1CCN(c2ccccc2F)CC1)S(=O)(=O)c1ccc2c(c1)CCN2C(=O)C1CC1. The molecule has 9 heteroatoms. The van der Waals surface area contributed by atoms with E-state index >= 15 is 0 Å². The molecule has 7 nitrogen and oxygen atoms in total. The zero-order valence-corrected chi connectivity index (χ0v) is 20.6. The summed E-state index contributed by atoms with van der Waals surface area (Å²) in [6, 6.07) is 11.5. The number of halogens is 1. The van der Waals surface area contributed by atoms with Crippen molar-refractivity contribution in [1.82, 2.24) is 4.90 Å². The molecule has 0 bridgehead atoms. The van der Waals surface area contributed by atoms with Crippen molar-refractivity contribution in [3.8, 4) is 0 Å². The summed E-state index contributed by atoms with van der Waals surface area (Å²) in [4.78, 5) is 30.9. The molecule has 0 radical (unpaired) electrons. The minimum Gasteiger partial charge on any atom is -0.366 e. The van der Waals surface area contributed by atoms with Gasteiger partial charge in [-0.2, -0.15) is 0 Å². The van der Waals surface area contributed by atoms with Gasteiger partial charge in [0.25, 0.3) is 0 Å². The fraction of sp³-hybridized carbons (Fsp3) is 0.462. The van der Waals surface area contributed by atoms with Crippen LogP contribution in [0.15, 0.2) is 47.4 Å². The average Bonchev–Trinajstić information content (AvgIpc) is 3.62. The Kier molecular flexibility index (Phi) is 6.29. The molecule has 186 valence electrons. The van der Waals surface area contributed by atoms with E-state index in [1.54, 1.807) is 53.1 Å². The van der Waals surface area contributed by atoms with Crippen LogP contribution in [0.1, 0.15) is 31.7 Å². The highest BCUT2D eigenvalue weighted by molar-refractivity contribution is 7.92. The molecule has 1 saturated heterocycles. The second kappa shape index (κ2) is 9.26. The Morgan fingerprint density at radius 1 is 1.00 bits per heavy atom. The van der Waals surface area contributed by atoms with Crippen molar-refractivity contribution in [3.63, 3.8) is 0 Å². The molecular formula is C26H30FN3O4S. The Morgan fingerprint density at radius 3 is 2.40 bits per heavy atom. The fourth-order valence-corrected chi connectivity index (χ4v) is 6.35. The molecule has 0 spiro atoms. The third-order valence-electron chi connectivity index (χ3n) is 7.28. The summed E-state index contributed by atoms with van der Waals surface area (Å²) in [7, 11) is -3.71. The minimum atomic E-state index is -3.71. The summed E-state index contributed by atoms with van der Waals surface area (Å²) in [5.41, 5.74) is 2.18. The Morgan fingerprint density at radius 2 is 1.71 bits per heavy atom. The highest BCUT2D eigenvalue weighted by atomic mass is 32.2. The normalized spacial score (nSPS) is 19.0. The van der Waals surface area contributed by atoms with Gasteiger partial charge < -0.3 is 14.7 Å². The first-order valence-corrected chi connectivity index (χ1v) is 13.8. The van der Waals surface area contributed by atoms with Crippen LogP contribution in [0.4, 0.5) is 15.8 Å². The van der Waals surface area contributed by atoms with E-state index in [4.69, 9.17) is 0 Å². The van der Waals surface area contributed by atoms with Crippen molar-refractivity contribution in [1.29, 1.82) is 0 Å². The second-order valence-electron chi connectivity index (χ2n) is 9.68. The molecule has 35 heavy (non-hydrogen) atoms. The number of rotatable bonds is 6. The lowest BCUT2D eigenvalue weighted by molar-refractivity contribution is -0.131. The fourth-order valence-electron chi connectivity index (χ4n) is 4.96. The number of hydrogen-bond acceptors (Lipinski definition) is 5. The quantitative estimate of drug-likeness (QED) is 0.611. The van der Waals surface area contributed by atoms with Crippen LogP contribution in [0.25, 0.3) is 0 Å². The molecule has 1 saturated carbocycles. The maximum atomic E-state index is 14.1. The van der Waals surface area contributed by atoms with Gasteiger partial charge in [0.2, 0.25) is 11.8 Å². The molecule has 1 aliphatic carbocycles. The van der Waals surface area contributed by atoms with Crippen LogP contribution in [0.2, 0.25) is 0 Å². The molecule has 0 unspecified atom stereocenters. The predicted molar refractivity (Wildman–Crippen MR) is 132 cm³/mol. The number of sulfone groups is 1. The molecule has 5 rings (SSSR count). The Bertz CT molecular complexity index is 1250. The number of carbonyl (C=O) groups excluding carboxylic acids is 2. The number of amides is 2. The molecule has 2 heterocycles. The van der Waals surface area contributed by atoms with Crippen molar-refractivity contribution >= 4 is 33.0 Å². The monoisotopic (exact) mass is 499 g/mol. The van der Waals surface area contributed by atoms with Gasteiger partial charge in [-0.15, -0.1) is 0 Å². The van der Waals surface area contributed by atoms with E-state index in [0.29, 0.717) is 44.8 Å². The predicted octanol–water partition coefficient (Wildman–Crippen LogP) is 3.03. The Balaban J connectivity index is 1.21. The van der Waals surface area contributed by atoms with Gasteiger partial charge in [-0.25, -0.2) is 12.8 Å². The smallest absolute Gasteiger partial charge is 0.230 e. The lowest BCUT2D eigenvalue weighted by Gasteiger charge is -2.36. The van der Waals surface area contributed by atoms with Crippen molar-refractivity contribution < 1.29 is 22.4 Å². The summed E-state index contributed by atoms with van der Waals surface area (Å²) in [5, 5.41) is -0.872. The van der Waals surface area contributed by atoms with Crippen molar-refractivity contribution in [3.05, 3.63) is 53.8 Å². The van der Waals surface area contributed by atoms with E-state index in [2.05, 4.69) is 0 Å². The first-order valence-electron chi connectivity index (χ1n) is 12.2. The van der Waals surface area contributed by atoms with Crippen molar-refractivity contribution in [2.24, 2.45) is 5.92 Å². The minimum absolute atomic E-state index is 0.106. The number of para-hydroxylation sites is 1. The molecular weight excluding hydrogens is 469 g/mol. The maximum absolute atomic E-state index is 14.1. The number of anilines is 2. The average molecular weight is 500 g/mol. The third-order valence-corrected chi connectivity index (χ3v) is 9.42. The largest absolute Gasteiger partial charge is 0.366 e. The van der Waals surface area contributed by atoms with Crippen molar-refractivity contribution in [2.75, 3.05) is 42.5 Å². The molecule has 2 amide bonds. The Labute approximate surface area is 205 Å². The van der Waals surface area contributed by atoms with E-state index in [-0.39, 0.29) is 34.9 Å². The molecule has 2 aromatic rings. The molecule has 1 atom stereocenters. The molecule has 2 fully saturated rings. The van der Waals surface area contributed by atoms with E-state index in [9.17, 15) is 22.4 Å². The molecule has 2 aliphatic heterocycles. The van der Waals surface area contributed by atoms with Gasteiger partial charge in [-0.05, 0) is 62.1 Å². The van der Waals surface area contributed by atoms with Crippen LogP contribution >= 0.6 is 0 Å². The summed E-state index contributed by atoms with van der Waals surface area (Å²) < 4.78 is 40.6. The van der Waals surface area contributed by atoms with Crippen LogP contribution in [0.3, 0.4) is 0 Å². The number of benzene rings is 2. The zero-order chi connectivity index (χ0) is 24.7. The van der Waals surface area contributed by atoms with E-state index in [1.807, 2.05) is 4.90 Å². The summed E-state index contributed by atoms with van der Waals surface area (Å²) in [6.45, 7) is 3.98. The van der Waals surface area contributed by atoms with Crippen LogP contribution in [-0.4, -0.2) is 63.1 Å². The first-order chi connectivity index (χ1) is 16.8. The van der Waals surface area contributed by atoms with E-state index < -0.39 is 15.1 Å². The number of nitrogens with zero attached hydrogens (tertiary/aromatic N) is 3. The molecule has 2 aromatic carbocycles. The summed E-state index contributed by atoms with van der Waals surface area (Å²) in [6.07, 6.45) is 2.39. The van der Waals surface area contributed by atoms with Crippen molar-refractivity contribution in [2.45, 2.75) is 42.8 Å². The van der Waals surface area contributed by atoms with Gasteiger partial charge in [0.15, 0.2) is 9.84 Å². The highest BCUT2D eigenvalue weighted by Crippen LogP contribution is 2.37. The van der Waals surface area contributed by atoms with Gasteiger partial charge >= 0.3 is 0 Å². The highest BCUT2D eigenvalue weighted by Gasteiger charge is 2.37. The Hall–Kier alpha value is -2.94. The molecule has 3 aliphatic rings. The number of carbonyl (C=O) groups is 2. The molecule has 0 aromatic heterocycles. The summed E-state index contributed by atoms with van der Waals surface area (Å²) in [5.74, 6) is -0.254. The zero-order valence-electron chi connectivity index (χ0n) is 19.8.